The maximum Gasteiger partial charge on any atom is 0.242 e. The molecular weight excluding hydrogens is 406 g/mol. The standard InChI is InChI=1S/C14H13Br2NO2S/c1-10(11-5-4-6-12(15)9-11)17-20(18,19)14-8-3-2-7-13(14)16/h2-10,17H,1H3. The quantitative estimate of drug-likeness (QED) is 0.806. The zero-order chi connectivity index (χ0) is 14.8. The molecule has 1 N–H and O–H groups in total. The first-order valence-corrected chi connectivity index (χ1v) is 8.99. The molecule has 2 aromatic carbocycles. The molecule has 0 fully saturated rings. The van der Waals surface area contributed by atoms with Gasteiger partial charge in [-0.05, 0) is 52.7 Å². The molecule has 0 aliphatic carbocycles. The van der Waals surface area contributed by atoms with Crippen molar-refractivity contribution in [1.29, 1.82) is 0 Å². The highest BCUT2D eigenvalue weighted by Crippen LogP contribution is 2.24. The highest BCUT2D eigenvalue weighted by Gasteiger charge is 2.20. The van der Waals surface area contributed by atoms with Crippen LogP contribution >= 0.6 is 31.9 Å². The Morgan fingerprint density at radius 2 is 1.75 bits per heavy atom. The van der Waals surface area contributed by atoms with E-state index in [0.717, 1.165) is 10.0 Å². The highest BCUT2D eigenvalue weighted by atomic mass is 79.9. The van der Waals surface area contributed by atoms with E-state index in [0.29, 0.717) is 4.47 Å². The third kappa shape index (κ3) is 3.69. The van der Waals surface area contributed by atoms with E-state index in [1.165, 1.54) is 0 Å². The minimum atomic E-state index is -3.56. The molecule has 0 amide bonds. The summed E-state index contributed by atoms with van der Waals surface area (Å²) in [5, 5.41) is 0. The number of rotatable bonds is 4. The highest BCUT2D eigenvalue weighted by molar-refractivity contribution is 9.10. The van der Waals surface area contributed by atoms with Crippen LogP contribution in [0.25, 0.3) is 0 Å². The lowest BCUT2D eigenvalue weighted by molar-refractivity contribution is 0.566. The van der Waals surface area contributed by atoms with Crippen molar-refractivity contribution in [2.24, 2.45) is 0 Å². The SMILES string of the molecule is CC(NS(=O)(=O)c1ccccc1Br)c1cccc(Br)c1. The van der Waals surface area contributed by atoms with Crippen LogP contribution in [0.1, 0.15) is 18.5 Å². The van der Waals surface area contributed by atoms with E-state index in [2.05, 4.69) is 36.6 Å². The van der Waals surface area contributed by atoms with Gasteiger partial charge in [0.1, 0.15) is 0 Å². The molecule has 2 aromatic rings. The van der Waals surface area contributed by atoms with Crippen LogP contribution in [-0.2, 0) is 10.0 Å². The minimum absolute atomic E-state index is 0.238. The third-order valence-electron chi connectivity index (χ3n) is 2.81. The van der Waals surface area contributed by atoms with Crippen LogP contribution in [0.2, 0.25) is 0 Å². The van der Waals surface area contributed by atoms with E-state index in [9.17, 15) is 8.42 Å². The molecular formula is C14H13Br2NO2S. The van der Waals surface area contributed by atoms with E-state index >= 15 is 0 Å². The molecule has 106 valence electrons. The summed E-state index contributed by atoms with van der Waals surface area (Å²) in [7, 11) is -3.56. The van der Waals surface area contributed by atoms with Crippen molar-refractivity contribution in [2.45, 2.75) is 17.9 Å². The van der Waals surface area contributed by atoms with Gasteiger partial charge in [-0.1, -0.05) is 40.2 Å². The molecule has 0 saturated heterocycles. The molecule has 1 unspecified atom stereocenters. The Labute approximate surface area is 135 Å². The number of benzene rings is 2. The van der Waals surface area contributed by atoms with E-state index in [1.807, 2.05) is 31.2 Å². The van der Waals surface area contributed by atoms with Crippen molar-refractivity contribution in [2.75, 3.05) is 0 Å². The van der Waals surface area contributed by atoms with Crippen LogP contribution in [-0.4, -0.2) is 8.42 Å². The second-order valence-electron chi connectivity index (χ2n) is 4.33. The zero-order valence-corrected chi connectivity index (χ0v) is 14.7. The molecule has 0 spiro atoms. The van der Waals surface area contributed by atoms with E-state index in [4.69, 9.17) is 0 Å². The molecule has 6 heteroatoms. The molecule has 0 aliphatic heterocycles. The molecule has 0 bridgehead atoms. The fourth-order valence-electron chi connectivity index (χ4n) is 1.80. The molecule has 0 saturated carbocycles. The minimum Gasteiger partial charge on any atom is -0.207 e. The van der Waals surface area contributed by atoms with Crippen LogP contribution < -0.4 is 4.72 Å². The smallest absolute Gasteiger partial charge is 0.207 e. The van der Waals surface area contributed by atoms with E-state index < -0.39 is 10.0 Å². The first kappa shape index (κ1) is 15.7. The van der Waals surface area contributed by atoms with Gasteiger partial charge in [-0.15, -0.1) is 0 Å². The summed E-state index contributed by atoms with van der Waals surface area (Å²) >= 11 is 6.65. The van der Waals surface area contributed by atoms with Crippen molar-refractivity contribution in [3.8, 4) is 0 Å². The van der Waals surface area contributed by atoms with Crippen molar-refractivity contribution in [3.05, 3.63) is 63.0 Å². The maximum absolute atomic E-state index is 12.4. The molecule has 0 aliphatic rings. The summed E-state index contributed by atoms with van der Waals surface area (Å²) in [5.74, 6) is 0. The Kier molecular flexibility index (Phi) is 5.01. The van der Waals surface area contributed by atoms with Gasteiger partial charge >= 0.3 is 0 Å². The Morgan fingerprint density at radius 3 is 2.40 bits per heavy atom. The molecule has 0 heterocycles. The van der Waals surface area contributed by atoms with Gasteiger partial charge in [0, 0.05) is 15.0 Å². The molecule has 20 heavy (non-hydrogen) atoms. The van der Waals surface area contributed by atoms with Crippen molar-refractivity contribution in [3.63, 3.8) is 0 Å². The summed E-state index contributed by atoms with van der Waals surface area (Å²) in [5.41, 5.74) is 0.898. The number of hydrogen-bond donors (Lipinski definition) is 1. The third-order valence-corrected chi connectivity index (χ3v) is 5.85. The summed E-state index contributed by atoms with van der Waals surface area (Å²) in [6.07, 6.45) is 0. The zero-order valence-electron chi connectivity index (χ0n) is 10.7. The Hall–Kier alpha value is -0.690. The van der Waals surface area contributed by atoms with Gasteiger partial charge < -0.3 is 0 Å². The van der Waals surface area contributed by atoms with Gasteiger partial charge in [0.2, 0.25) is 10.0 Å². The summed E-state index contributed by atoms with van der Waals surface area (Å²) in [6.45, 7) is 1.82. The fourth-order valence-corrected chi connectivity index (χ4v) is 4.45. The number of hydrogen-bond acceptors (Lipinski definition) is 2. The number of nitrogens with one attached hydrogen (secondary N) is 1. The second kappa shape index (κ2) is 6.39. The summed E-state index contributed by atoms with van der Waals surface area (Å²) in [4.78, 5) is 0.238. The maximum atomic E-state index is 12.4. The lowest BCUT2D eigenvalue weighted by Gasteiger charge is -2.15. The van der Waals surface area contributed by atoms with Gasteiger partial charge in [0.05, 0.1) is 4.90 Å². The predicted molar refractivity (Wildman–Crippen MR) is 87.0 cm³/mol. The molecule has 0 aromatic heterocycles. The average molecular weight is 419 g/mol. The summed E-state index contributed by atoms with van der Waals surface area (Å²) < 4.78 is 28.9. The van der Waals surface area contributed by atoms with Crippen molar-refractivity contribution >= 4 is 41.9 Å². The fraction of sp³-hybridized carbons (Fsp3) is 0.143. The van der Waals surface area contributed by atoms with Gasteiger partial charge in [0.15, 0.2) is 0 Å². The van der Waals surface area contributed by atoms with Crippen LogP contribution in [0.5, 0.6) is 0 Å². The number of halogens is 2. The van der Waals surface area contributed by atoms with Gasteiger partial charge in [0.25, 0.3) is 0 Å². The number of sulfonamides is 1. The first-order chi connectivity index (χ1) is 9.40. The second-order valence-corrected chi connectivity index (χ2v) is 7.78. The van der Waals surface area contributed by atoms with Gasteiger partial charge in [-0.2, -0.15) is 0 Å². The normalized spacial score (nSPS) is 13.2. The Balaban J connectivity index is 2.27. The monoisotopic (exact) mass is 417 g/mol. The molecule has 2 rings (SSSR count). The molecule has 3 nitrogen and oxygen atoms in total. The van der Waals surface area contributed by atoms with Gasteiger partial charge in [-0.3, -0.25) is 0 Å². The van der Waals surface area contributed by atoms with Crippen LogP contribution in [0, 0.1) is 0 Å². The Morgan fingerprint density at radius 1 is 1.05 bits per heavy atom. The average Bonchev–Trinajstić information content (AvgIpc) is 2.38. The lowest BCUT2D eigenvalue weighted by Crippen LogP contribution is -2.27. The molecule has 0 radical (unpaired) electrons. The largest absolute Gasteiger partial charge is 0.242 e. The van der Waals surface area contributed by atoms with Crippen molar-refractivity contribution in [1.82, 2.24) is 4.72 Å². The summed E-state index contributed by atoms with van der Waals surface area (Å²) in [6, 6.07) is 14.0. The van der Waals surface area contributed by atoms with Crippen LogP contribution in [0.15, 0.2) is 62.4 Å². The van der Waals surface area contributed by atoms with E-state index in [-0.39, 0.29) is 10.9 Å². The van der Waals surface area contributed by atoms with Crippen LogP contribution in [0.4, 0.5) is 0 Å². The topological polar surface area (TPSA) is 46.2 Å². The van der Waals surface area contributed by atoms with Crippen molar-refractivity contribution < 1.29 is 8.42 Å². The van der Waals surface area contributed by atoms with Gasteiger partial charge in [-0.25, -0.2) is 13.1 Å². The van der Waals surface area contributed by atoms with E-state index in [1.54, 1.807) is 24.3 Å². The Bertz CT molecular complexity index is 717. The first-order valence-electron chi connectivity index (χ1n) is 5.92. The lowest BCUT2D eigenvalue weighted by atomic mass is 10.1. The predicted octanol–water partition coefficient (Wildman–Crippen LogP) is 4.25. The van der Waals surface area contributed by atoms with Crippen LogP contribution in [0.3, 0.4) is 0 Å². The molecule has 1 atom stereocenters.